The van der Waals surface area contributed by atoms with Gasteiger partial charge in [0.15, 0.2) is 0 Å². The van der Waals surface area contributed by atoms with Gasteiger partial charge in [0.2, 0.25) is 0 Å². The van der Waals surface area contributed by atoms with E-state index in [2.05, 4.69) is 5.32 Å². The molecule has 0 radical (unpaired) electrons. The van der Waals surface area contributed by atoms with Crippen molar-refractivity contribution in [1.29, 1.82) is 0 Å². The van der Waals surface area contributed by atoms with E-state index >= 15 is 0 Å². The number of amides is 1. The van der Waals surface area contributed by atoms with Gasteiger partial charge in [0.05, 0.1) is 11.0 Å². The average molecular weight is 293 g/mol. The number of nitrogens with one attached hydrogen (secondary N) is 1. The molecule has 3 rings (SSSR count). The van der Waals surface area contributed by atoms with Gasteiger partial charge < -0.3 is 10.2 Å². The molecule has 21 heavy (non-hydrogen) atoms. The van der Waals surface area contributed by atoms with Crippen LogP contribution in [0.2, 0.25) is 0 Å². The molecule has 2 fully saturated rings. The molecular formula is C14H16FN3O3. The van der Waals surface area contributed by atoms with Gasteiger partial charge >= 0.3 is 0 Å². The van der Waals surface area contributed by atoms with Crippen molar-refractivity contribution >= 4 is 11.6 Å². The highest BCUT2D eigenvalue weighted by Crippen LogP contribution is 2.28. The van der Waals surface area contributed by atoms with E-state index in [1.807, 2.05) is 0 Å². The van der Waals surface area contributed by atoms with E-state index in [0.717, 1.165) is 44.1 Å². The standard InChI is InChI=1S/C14H16FN3O3/c15-11-4-10(5-12(6-11)18(20)21)14(19)17-3-1-2-9-7-16-8-13(9)17/h4-6,9,13,16H,1-3,7-8H2. The monoisotopic (exact) mass is 293 g/mol. The summed E-state index contributed by atoms with van der Waals surface area (Å²) in [4.78, 5) is 24.4. The van der Waals surface area contributed by atoms with Crippen molar-refractivity contribution in [3.63, 3.8) is 0 Å². The molecule has 0 aromatic heterocycles. The summed E-state index contributed by atoms with van der Waals surface area (Å²) < 4.78 is 13.5. The van der Waals surface area contributed by atoms with Crippen molar-refractivity contribution in [2.45, 2.75) is 18.9 Å². The maximum Gasteiger partial charge on any atom is 0.273 e. The van der Waals surface area contributed by atoms with Crippen LogP contribution >= 0.6 is 0 Å². The van der Waals surface area contributed by atoms with Crippen LogP contribution < -0.4 is 5.32 Å². The maximum atomic E-state index is 13.5. The van der Waals surface area contributed by atoms with Crippen LogP contribution in [0.15, 0.2) is 18.2 Å². The molecule has 0 aliphatic carbocycles. The van der Waals surface area contributed by atoms with E-state index in [-0.39, 0.29) is 17.5 Å². The van der Waals surface area contributed by atoms with Gasteiger partial charge in [-0.05, 0) is 24.8 Å². The van der Waals surface area contributed by atoms with Crippen molar-refractivity contribution < 1.29 is 14.1 Å². The number of halogens is 1. The smallest absolute Gasteiger partial charge is 0.273 e. The highest BCUT2D eigenvalue weighted by molar-refractivity contribution is 5.95. The van der Waals surface area contributed by atoms with Crippen molar-refractivity contribution in [2.75, 3.05) is 19.6 Å². The Labute approximate surface area is 121 Å². The van der Waals surface area contributed by atoms with E-state index in [1.165, 1.54) is 0 Å². The molecule has 1 aromatic carbocycles. The second-order valence-corrected chi connectivity index (χ2v) is 5.58. The lowest BCUT2D eigenvalue weighted by molar-refractivity contribution is -0.385. The fraction of sp³-hybridized carbons (Fsp3) is 0.500. The summed E-state index contributed by atoms with van der Waals surface area (Å²) in [7, 11) is 0. The Morgan fingerprint density at radius 3 is 2.95 bits per heavy atom. The van der Waals surface area contributed by atoms with Crippen LogP contribution in [-0.2, 0) is 0 Å². The van der Waals surface area contributed by atoms with Crippen molar-refractivity contribution in [2.24, 2.45) is 5.92 Å². The number of hydrogen-bond donors (Lipinski definition) is 1. The molecule has 2 unspecified atom stereocenters. The number of nitro groups is 1. The average Bonchev–Trinajstić information content (AvgIpc) is 2.94. The number of benzene rings is 1. The lowest BCUT2D eigenvalue weighted by Crippen LogP contribution is -2.48. The predicted molar refractivity (Wildman–Crippen MR) is 73.5 cm³/mol. The lowest BCUT2D eigenvalue weighted by Gasteiger charge is -2.37. The summed E-state index contributed by atoms with van der Waals surface area (Å²) in [5, 5.41) is 14.1. The fourth-order valence-electron chi connectivity index (χ4n) is 3.29. The zero-order valence-corrected chi connectivity index (χ0v) is 11.4. The van der Waals surface area contributed by atoms with E-state index < -0.39 is 16.4 Å². The van der Waals surface area contributed by atoms with Crippen molar-refractivity contribution in [3.05, 3.63) is 39.7 Å². The van der Waals surface area contributed by atoms with Crippen molar-refractivity contribution in [3.8, 4) is 0 Å². The minimum absolute atomic E-state index is 0.0502. The Hall–Kier alpha value is -2.02. The van der Waals surface area contributed by atoms with E-state index in [0.29, 0.717) is 12.5 Å². The summed E-state index contributed by atoms with van der Waals surface area (Å²) >= 11 is 0. The number of nitro benzene ring substituents is 1. The molecular weight excluding hydrogens is 277 g/mol. The van der Waals surface area contributed by atoms with Gasteiger partial charge in [0.1, 0.15) is 5.82 Å². The van der Waals surface area contributed by atoms with Gasteiger partial charge in [-0.15, -0.1) is 0 Å². The SMILES string of the molecule is O=C(c1cc(F)cc([N+](=O)[O-])c1)N1CCCC2CNCC21. The summed E-state index contributed by atoms with van der Waals surface area (Å²) in [6.07, 6.45) is 1.98. The zero-order chi connectivity index (χ0) is 15.0. The number of non-ortho nitro benzene ring substituents is 1. The lowest BCUT2D eigenvalue weighted by atomic mass is 9.91. The Balaban J connectivity index is 1.89. The predicted octanol–water partition coefficient (Wildman–Crippen LogP) is 1.56. The molecule has 2 aliphatic rings. The number of fused-ring (bicyclic) bond motifs is 1. The molecule has 1 aromatic rings. The van der Waals surface area contributed by atoms with Gasteiger partial charge in [-0.2, -0.15) is 0 Å². The van der Waals surface area contributed by atoms with Crippen LogP contribution in [0.25, 0.3) is 0 Å². The van der Waals surface area contributed by atoms with Gasteiger partial charge in [0.25, 0.3) is 11.6 Å². The number of nitrogens with zero attached hydrogens (tertiary/aromatic N) is 2. The summed E-state index contributed by atoms with van der Waals surface area (Å²) in [5.74, 6) is -0.659. The molecule has 0 saturated carbocycles. The molecule has 1 N–H and O–H groups in total. The molecule has 0 spiro atoms. The third-order valence-corrected chi connectivity index (χ3v) is 4.28. The molecule has 1 amide bonds. The summed E-state index contributed by atoms with van der Waals surface area (Å²) in [5.41, 5.74) is -0.342. The molecule has 2 saturated heterocycles. The Morgan fingerprint density at radius 1 is 1.38 bits per heavy atom. The third kappa shape index (κ3) is 2.61. The summed E-state index contributed by atoms with van der Waals surface area (Å²) in [6.45, 7) is 2.23. The molecule has 0 bridgehead atoms. The highest BCUT2D eigenvalue weighted by Gasteiger charge is 2.37. The Bertz CT molecular complexity index is 593. The quantitative estimate of drug-likeness (QED) is 0.663. The van der Waals surface area contributed by atoms with E-state index in [4.69, 9.17) is 0 Å². The van der Waals surface area contributed by atoms with E-state index in [1.54, 1.807) is 4.90 Å². The first-order chi connectivity index (χ1) is 10.1. The van der Waals surface area contributed by atoms with Crippen LogP contribution in [0.1, 0.15) is 23.2 Å². The Morgan fingerprint density at radius 2 is 2.19 bits per heavy atom. The Kier molecular flexibility index (Phi) is 3.59. The zero-order valence-electron chi connectivity index (χ0n) is 11.4. The molecule has 2 heterocycles. The molecule has 112 valence electrons. The number of carbonyl (C=O) groups is 1. The van der Waals surface area contributed by atoms with Crippen LogP contribution in [-0.4, -0.2) is 41.4 Å². The number of likely N-dealkylation sites (tertiary alicyclic amines) is 1. The van der Waals surface area contributed by atoms with Gasteiger partial charge in [-0.25, -0.2) is 4.39 Å². The largest absolute Gasteiger partial charge is 0.334 e. The highest BCUT2D eigenvalue weighted by atomic mass is 19.1. The first kappa shape index (κ1) is 13.9. The normalized spacial score (nSPS) is 24.7. The van der Waals surface area contributed by atoms with Crippen LogP contribution in [0.3, 0.4) is 0 Å². The van der Waals surface area contributed by atoms with E-state index in [9.17, 15) is 19.3 Å². The molecule has 2 aliphatic heterocycles. The maximum absolute atomic E-state index is 13.5. The fourth-order valence-corrected chi connectivity index (χ4v) is 3.29. The minimum Gasteiger partial charge on any atom is -0.334 e. The summed E-state index contributed by atoms with van der Waals surface area (Å²) in [6, 6.07) is 3.15. The van der Waals surface area contributed by atoms with Crippen LogP contribution in [0, 0.1) is 21.8 Å². The second kappa shape index (κ2) is 5.40. The minimum atomic E-state index is -0.759. The molecule has 6 nitrogen and oxygen atoms in total. The van der Waals surface area contributed by atoms with Gasteiger partial charge in [0, 0.05) is 37.3 Å². The number of hydrogen-bond acceptors (Lipinski definition) is 4. The van der Waals surface area contributed by atoms with Crippen LogP contribution in [0.4, 0.5) is 10.1 Å². The first-order valence-corrected chi connectivity index (χ1v) is 7.03. The number of carbonyl (C=O) groups excluding carboxylic acids is 1. The second-order valence-electron chi connectivity index (χ2n) is 5.58. The van der Waals surface area contributed by atoms with Gasteiger partial charge in [-0.3, -0.25) is 14.9 Å². The number of rotatable bonds is 2. The number of piperidine rings is 1. The molecule has 7 heteroatoms. The van der Waals surface area contributed by atoms with Crippen LogP contribution in [0.5, 0.6) is 0 Å². The van der Waals surface area contributed by atoms with Crippen molar-refractivity contribution in [1.82, 2.24) is 10.2 Å². The molecule has 2 atom stereocenters. The third-order valence-electron chi connectivity index (χ3n) is 4.28. The first-order valence-electron chi connectivity index (χ1n) is 7.03. The van der Waals surface area contributed by atoms with Gasteiger partial charge in [-0.1, -0.05) is 0 Å². The topological polar surface area (TPSA) is 75.5 Å².